The third-order valence-electron chi connectivity index (χ3n) is 2.82. The van der Waals surface area contributed by atoms with Crippen molar-refractivity contribution in [1.82, 2.24) is 4.90 Å². The molecule has 1 aromatic carbocycles. The molecule has 4 N–H and O–H groups in total. The van der Waals surface area contributed by atoms with E-state index >= 15 is 0 Å². The van der Waals surface area contributed by atoms with Crippen molar-refractivity contribution < 1.29 is 40.1 Å². The number of nitrogens with two attached hydrogens (primary N) is 1. The Morgan fingerprint density at radius 2 is 1.84 bits per heavy atom. The average Bonchev–Trinajstić information content (AvgIpc) is 2.38. The Labute approximate surface area is 163 Å². The van der Waals surface area contributed by atoms with E-state index in [1.807, 2.05) is 11.9 Å². The van der Waals surface area contributed by atoms with Crippen LogP contribution < -0.4 is 5.73 Å². The maximum atomic E-state index is 11.3. The Bertz CT molecular complexity index is 505. The van der Waals surface area contributed by atoms with Crippen LogP contribution in [-0.2, 0) is 43.3 Å². The van der Waals surface area contributed by atoms with Crippen LogP contribution in [0.5, 0.6) is 0 Å². The normalized spacial score (nSPS) is 12.0. The summed E-state index contributed by atoms with van der Waals surface area (Å²) in [5, 5.41) is 9.29. The van der Waals surface area contributed by atoms with Gasteiger partial charge in [-0.05, 0) is 30.3 Å². The molecule has 0 heterocycles. The Kier molecular flexibility index (Phi) is 20.3. The van der Waals surface area contributed by atoms with E-state index in [1.165, 1.54) is 0 Å². The number of benzene rings is 1. The molecule has 154 valence electrons. The van der Waals surface area contributed by atoms with Gasteiger partial charge in [-0.25, -0.2) is 4.57 Å². The van der Waals surface area contributed by atoms with Crippen LogP contribution in [0, 0.1) is 29.2 Å². The second-order valence-electron chi connectivity index (χ2n) is 4.56. The Morgan fingerprint density at radius 1 is 1.24 bits per heavy atom. The summed E-state index contributed by atoms with van der Waals surface area (Å²) >= 11 is 0. The molecule has 0 fully saturated rings. The van der Waals surface area contributed by atoms with Crippen molar-refractivity contribution in [2.75, 3.05) is 32.5 Å². The predicted octanol–water partition coefficient (Wildman–Crippen LogP) is 2.51. The molecule has 0 aliphatic heterocycles. The molecule has 0 bridgehead atoms. The molecule has 1 atom stereocenters. The maximum absolute atomic E-state index is 11.3. The molecule has 0 saturated carbocycles. The van der Waals surface area contributed by atoms with Crippen molar-refractivity contribution in [3.05, 3.63) is 58.5 Å². The molecule has 1 aromatic rings. The number of likely N-dealkylation sites (N-methyl/N-ethyl adjacent to an activating group) is 1. The van der Waals surface area contributed by atoms with Gasteiger partial charge >= 0.3 is 7.82 Å². The van der Waals surface area contributed by atoms with Crippen LogP contribution in [0.4, 0.5) is 5.69 Å². The van der Waals surface area contributed by atoms with Gasteiger partial charge in [0.25, 0.3) is 0 Å². The standard InChI is InChI=1S/C13H22N2O5P.3CH3.Ni/c1-3-19-21(17,18)20-7-6-15(2)9-12-8-13(14)5-4-11(12)10-16;;;;/h4-5,8,16H,1,3,6-7,9-10,14H2,2H3,(H,17,18);3*1H3;/q4*-1;. The number of rotatable bonds is 9. The zero-order valence-corrected chi connectivity index (χ0v) is 17.3. The quantitative estimate of drug-likeness (QED) is 0.244. The Balaban J connectivity index is -0.000000551. The number of nitrogen functional groups attached to an aromatic ring is 1. The smallest absolute Gasteiger partial charge is 0.399 e. The molecule has 0 radical (unpaired) electrons. The average molecular weight is 421 g/mol. The summed E-state index contributed by atoms with van der Waals surface area (Å²) < 4.78 is 20.6. The van der Waals surface area contributed by atoms with Gasteiger partial charge in [-0.15, -0.1) is 0 Å². The van der Waals surface area contributed by atoms with E-state index in [4.69, 9.17) is 10.3 Å². The van der Waals surface area contributed by atoms with Gasteiger partial charge in [-0.3, -0.25) is 9.42 Å². The van der Waals surface area contributed by atoms with Crippen LogP contribution in [0.1, 0.15) is 11.1 Å². The molecule has 1 unspecified atom stereocenters. The van der Waals surface area contributed by atoms with Crippen molar-refractivity contribution in [2.45, 2.75) is 13.2 Å². The van der Waals surface area contributed by atoms with Crippen molar-refractivity contribution in [1.29, 1.82) is 0 Å². The van der Waals surface area contributed by atoms with Crippen molar-refractivity contribution in [3.8, 4) is 0 Å². The fourth-order valence-corrected chi connectivity index (χ4v) is 2.40. The monoisotopic (exact) mass is 420 g/mol. The van der Waals surface area contributed by atoms with Crippen molar-refractivity contribution in [3.63, 3.8) is 0 Å². The van der Waals surface area contributed by atoms with Gasteiger partial charge in [-0.2, -0.15) is 0 Å². The van der Waals surface area contributed by atoms with E-state index in [0.717, 1.165) is 11.1 Å². The summed E-state index contributed by atoms with van der Waals surface area (Å²) in [6.45, 7) is 4.12. The van der Waals surface area contributed by atoms with Crippen LogP contribution in [0.15, 0.2) is 18.2 Å². The van der Waals surface area contributed by atoms with Crippen LogP contribution in [0.2, 0.25) is 0 Å². The summed E-state index contributed by atoms with van der Waals surface area (Å²) in [6, 6.07) is 5.31. The van der Waals surface area contributed by atoms with E-state index in [-0.39, 0.29) is 58.6 Å². The number of aliphatic hydroxyl groups excluding tert-OH is 1. The topological polar surface area (TPSA) is 105 Å². The molecule has 7 nitrogen and oxygen atoms in total. The first-order valence-electron chi connectivity index (χ1n) is 6.45. The minimum atomic E-state index is -4.00. The molecular weight excluding hydrogens is 390 g/mol. The number of anilines is 1. The maximum Gasteiger partial charge on any atom is 0.469 e. The molecule has 0 aliphatic rings. The number of nitrogens with zero attached hydrogens (tertiary/aromatic N) is 1. The Morgan fingerprint density at radius 3 is 2.36 bits per heavy atom. The van der Waals surface area contributed by atoms with E-state index in [9.17, 15) is 14.6 Å². The molecule has 0 aliphatic carbocycles. The van der Waals surface area contributed by atoms with Crippen molar-refractivity contribution >= 4 is 13.5 Å². The van der Waals surface area contributed by atoms with Gasteiger partial charge in [0.15, 0.2) is 0 Å². The number of phosphoric ester groups is 1. The Hall–Kier alpha value is -0.456. The fourth-order valence-electron chi connectivity index (χ4n) is 1.78. The molecular formula is C16H31N2NiO5P-4. The molecule has 0 amide bonds. The second-order valence-corrected chi connectivity index (χ2v) is 6.01. The summed E-state index contributed by atoms with van der Waals surface area (Å²) in [7, 11) is -2.17. The number of aliphatic hydroxyl groups is 1. The first-order valence-corrected chi connectivity index (χ1v) is 7.95. The summed E-state index contributed by atoms with van der Waals surface area (Å²) in [6.07, 6.45) is 0. The van der Waals surface area contributed by atoms with Gasteiger partial charge in [0.1, 0.15) is 0 Å². The number of phosphoric acid groups is 1. The first kappa shape index (κ1) is 32.2. The van der Waals surface area contributed by atoms with Gasteiger partial charge in [0.2, 0.25) is 0 Å². The zero-order chi connectivity index (χ0) is 15.9. The molecule has 0 saturated heterocycles. The minimum absolute atomic E-state index is 0. The van der Waals surface area contributed by atoms with E-state index in [1.54, 1.807) is 18.2 Å². The molecule has 9 heteroatoms. The minimum Gasteiger partial charge on any atom is -0.399 e. The number of hydrogen-bond acceptors (Lipinski definition) is 6. The zero-order valence-electron chi connectivity index (χ0n) is 15.4. The molecule has 0 spiro atoms. The first-order chi connectivity index (χ1) is 9.88. The van der Waals surface area contributed by atoms with E-state index in [0.29, 0.717) is 18.8 Å². The fraction of sp³-hybridized carbons (Fsp3) is 0.375. The largest absolute Gasteiger partial charge is 0.469 e. The third kappa shape index (κ3) is 12.5. The van der Waals surface area contributed by atoms with Gasteiger partial charge in [0.05, 0.1) is 13.2 Å². The third-order valence-corrected chi connectivity index (χ3v) is 3.84. The van der Waals surface area contributed by atoms with Gasteiger partial charge in [0, 0.05) is 35.3 Å². The van der Waals surface area contributed by atoms with Gasteiger partial charge < -0.3 is 49.5 Å². The molecule has 0 aromatic heterocycles. The van der Waals surface area contributed by atoms with E-state index < -0.39 is 7.82 Å². The van der Waals surface area contributed by atoms with Crippen LogP contribution in [0.3, 0.4) is 0 Å². The predicted molar refractivity (Wildman–Crippen MR) is 99.4 cm³/mol. The summed E-state index contributed by atoms with van der Waals surface area (Å²) in [5.41, 5.74) is 8.05. The SMILES string of the molecule is [CH2-]COP(=O)(O)OCCN(C)Cc1cc(N)ccc1CO.[CH3-].[CH3-].[CH3-].[Ni]. The van der Waals surface area contributed by atoms with Crippen molar-refractivity contribution in [2.24, 2.45) is 0 Å². The summed E-state index contributed by atoms with van der Waals surface area (Å²) in [5.74, 6) is 0. The molecule has 25 heavy (non-hydrogen) atoms. The summed E-state index contributed by atoms with van der Waals surface area (Å²) in [4.78, 5) is 11.1. The second kappa shape index (κ2) is 15.8. The molecule has 1 rings (SSSR count). The number of hydrogen-bond donors (Lipinski definition) is 3. The van der Waals surface area contributed by atoms with E-state index in [2.05, 4.69) is 11.4 Å². The van der Waals surface area contributed by atoms with Crippen LogP contribution in [-0.4, -0.2) is 41.7 Å². The van der Waals surface area contributed by atoms with Crippen LogP contribution >= 0.6 is 7.82 Å². The van der Waals surface area contributed by atoms with Crippen LogP contribution in [0.25, 0.3) is 0 Å². The van der Waals surface area contributed by atoms with Gasteiger partial charge in [-0.1, -0.05) is 12.7 Å².